The molecule has 0 unspecified atom stereocenters. The summed E-state index contributed by atoms with van der Waals surface area (Å²) in [6, 6.07) is 15.2. The van der Waals surface area contributed by atoms with Gasteiger partial charge in [0.25, 0.3) is 0 Å². The SMILES string of the molecule is COC(=O)c1cc(OC)c2c(c1)nc(-c1cc3cccnc3n1CCCOc1ccccc1[N+](=O)[O-])n2CCC(=O)OC(C)(C)C. The third kappa shape index (κ3) is 6.77. The van der Waals surface area contributed by atoms with Crippen molar-refractivity contribution in [3.63, 3.8) is 0 Å². The van der Waals surface area contributed by atoms with Crippen molar-refractivity contribution in [2.24, 2.45) is 0 Å². The molecule has 13 nitrogen and oxygen atoms in total. The zero-order chi connectivity index (χ0) is 33.0. The lowest BCUT2D eigenvalue weighted by Crippen LogP contribution is -2.24. The van der Waals surface area contributed by atoms with Crippen molar-refractivity contribution >= 4 is 39.7 Å². The van der Waals surface area contributed by atoms with Crippen LogP contribution in [-0.2, 0) is 27.4 Å². The normalized spacial score (nSPS) is 11.5. The molecular weight excluding hydrogens is 594 g/mol. The molecule has 5 aromatic rings. The first-order valence-corrected chi connectivity index (χ1v) is 14.7. The van der Waals surface area contributed by atoms with Crippen molar-refractivity contribution in [3.05, 3.63) is 76.5 Å². The number of rotatable bonds is 12. The lowest BCUT2D eigenvalue weighted by molar-refractivity contribution is -0.385. The minimum Gasteiger partial charge on any atom is -0.494 e. The minimum atomic E-state index is -0.648. The van der Waals surface area contributed by atoms with Crippen molar-refractivity contribution in [2.75, 3.05) is 20.8 Å². The number of aryl methyl sites for hydroxylation is 2. The fourth-order valence-electron chi connectivity index (χ4n) is 5.26. The van der Waals surface area contributed by atoms with Crippen LogP contribution < -0.4 is 9.47 Å². The van der Waals surface area contributed by atoms with Gasteiger partial charge in [0.1, 0.15) is 22.5 Å². The number of hydrogen-bond acceptors (Lipinski definition) is 10. The number of aromatic nitrogens is 4. The van der Waals surface area contributed by atoms with Gasteiger partial charge in [0.05, 0.1) is 48.9 Å². The molecular formula is C33H35N5O8. The molecule has 0 fully saturated rings. The van der Waals surface area contributed by atoms with E-state index in [1.54, 1.807) is 36.5 Å². The van der Waals surface area contributed by atoms with Crippen LogP contribution in [0, 0.1) is 10.1 Å². The van der Waals surface area contributed by atoms with Crippen molar-refractivity contribution < 1.29 is 33.5 Å². The van der Waals surface area contributed by atoms with E-state index in [-0.39, 0.29) is 42.5 Å². The lowest BCUT2D eigenvalue weighted by Gasteiger charge is -2.20. The van der Waals surface area contributed by atoms with Crippen molar-refractivity contribution in [1.29, 1.82) is 0 Å². The number of carbonyl (C=O) groups is 2. The number of para-hydroxylation sites is 2. The van der Waals surface area contributed by atoms with Crippen LogP contribution in [0.4, 0.5) is 5.69 Å². The first-order valence-electron chi connectivity index (χ1n) is 14.7. The number of fused-ring (bicyclic) bond motifs is 2. The molecule has 3 heterocycles. The maximum Gasteiger partial charge on any atom is 0.338 e. The zero-order valence-corrected chi connectivity index (χ0v) is 26.3. The molecule has 240 valence electrons. The van der Waals surface area contributed by atoms with Crippen molar-refractivity contribution in [1.82, 2.24) is 19.1 Å². The van der Waals surface area contributed by atoms with Gasteiger partial charge in [-0.2, -0.15) is 0 Å². The predicted octanol–water partition coefficient (Wildman–Crippen LogP) is 5.96. The number of nitrogens with zero attached hydrogens (tertiary/aromatic N) is 5. The fraction of sp³-hybridized carbons (Fsp3) is 0.333. The first kappa shape index (κ1) is 31.9. The summed E-state index contributed by atoms with van der Waals surface area (Å²) < 4.78 is 25.9. The minimum absolute atomic E-state index is 0.0554. The Balaban J connectivity index is 1.57. The van der Waals surface area contributed by atoms with Gasteiger partial charge in [-0.05, 0) is 63.6 Å². The molecule has 3 aromatic heterocycles. The van der Waals surface area contributed by atoms with Crippen molar-refractivity contribution in [2.45, 2.75) is 52.3 Å². The molecule has 46 heavy (non-hydrogen) atoms. The Morgan fingerprint density at radius 3 is 2.48 bits per heavy atom. The van der Waals surface area contributed by atoms with Gasteiger partial charge in [-0.1, -0.05) is 12.1 Å². The third-order valence-corrected chi connectivity index (χ3v) is 7.14. The summed E-state index contributed by atoms with van der Waals surface area (Å²) >= 11 is 0. The summed E-state index contributed by atoms with van der Waals surface area (Å²) in [5.41, 5.74) is 2.00. The molecule has 0 aliphatic carbocycles. The van der Waals surface area contributed by atoms with Crippen LogP contribution in [0.2, 0.25) is 0 Å². The van der Waals surface area contributed by atoms with E-state index in [9.17, 15) is 19.7 Å². The molecule has 0 saturated carbocycles. The van der Waals surface area contributed by atoms with E-state index in [1.807, 2.05) is 48.1 Å². The van der Waals surface area contributed by atoms with Crippen LogP contribution in [0.15, 0.2) is 60.8 Å². The Bertz CT molecular complexity index is 1920. The van der Waals surface area contributed by atoms with Gasteiger partial charge in [-0.3, -0.25) is 14.9 Å². The Labute approximate surface area is 264 Å². The summed E-state index contributed by atoms with van der Waals surface area (Å²) in [6.07, 6.45) is 2.25. The summed E-state index contributed by atoms with van der Waals surface area (Å²) in [4.78, 5) is 45.8. The molecule has 0 aliphatic rings. The molecule has 0 radical (unpaired) electrons. The number of imidazole rings is 1. The molecule has 0 atom stereocenters. The van der Waals surface area contributed by atoms with E-state index in [4.69, 9.17) is 23.9 Å². The molecule has 0 amide bonds. The number of carbonyl (C=O) groups excluding carboxylic acids is 2. The van der Waals surface area contributed by atoms with Gasteiger partial charge >= 0.3 is 17.6 Å². The van der Waals surface area contributed by atoms with E-state index in [0.29, 0.717) is 46.9 Å². The zero-order valence-electron chi connectivity index (χ0n) is 26.3. The van der Waals surface area contributed by atoms with Gasteiger partial charge in [0.15, 0.2) is 11.6 Å². The Hall–Kier alpha value is -5.46. The van der Waals surface area contributed by atoms with Gasteiger partial charge in [-0.15, -0.1) is 0 Å². The van der Waals surface area contributed by atoms with Gasteiger partial charge in [-0.25, -0.2) is 14.8 Å². The second kappa shape index (κ2) is 13.3. The molecule has 5 rings (SSSR count). The molecule has 2 aromatic carbocycles. The highest BCUT2D eigenvalue weighted by Gasteiger charge is 2.25. The Morgan fingerprint density at radius 2 is 1.76 bits per heavy atom. The Morgan fingerprint density at radius 1 is 0.978 bits per heavy atom. The highest BCUT2D eigenvalue weighted by Crippen LogP contribution is 2.35. The van der Waals surface area contributed by atoms with Crippen LogP contribution in [0.3, 0.4) is 0 Å². The topological polar surface area (TPSA) is 150 Å². The maximum absolute atomic E-state index is 12.8. The maximum atomic E-state index is 12.8. The summed E-state index contributed by atoms with van der Waals surface area (Å²) in [6.45, 7) is 6.30. The second-order valence-electron chi connectivity index (χ2n) is 11.5. The van der Waals surface area contributed by atoms with Gasteiger partial charge in [0.2, 0.25) is 0 Å². The third-order valence-electron chi connectivity index (χ3n) is 7.14. The monoisotopic (exact) mass is 629 g/mol. The smallest absolute Gasteiger partial charge is 0.338 e. The van der Waals surface area contributed by atoms with Crippen molar-refractivity contribution in [3.8, 4) is 23.0 Å². The number of nitro benzene ring substituents is 1. The number of hydrogen-bond donors (Lipinski definition) is 0. The van der Waals surface area contributed by atoms with Crippen LogP contribution in [0.25, 0.3) is 33.6 Å². The highest BCUT2D eigenvalue weighted by molar-refractivity contribution is 5.97. The summed E-state index contributed by atoms with van der Waals surface area (Å²) in [7, 11) is 2.80. The largest absolute Gasteiger partial charge is 0.494 e. The number of esters is 2. The molecule has 0 aliphatic heterocycles. The average molecular weight is 630 g/mol. The first-order chi connectivity index (χ1) is 22.0. The molecule has 0 N–H and O–H groups in total. The van der Waals surface area contributed by atoms with E-state index >= 15 is 0 Å². The quantitative estimate of drug-likeness (QED) is 0.0700. The van der Waals surface area contributed by atoms with Gasteiger partial charge < -0.3 is 28.1 Å². The van der Waals surface area contributed by atoms with E-state index in [1.165, 1.54) is 20.3 Å². The fourth-order valence-corrected chi connectivity index (χ4v) is 5.26. The van der Waals surface area contributed by atoms with E-state index in [0.717, 1.165) is 5.39 Å². The highest BCUT2D eigenvalue weighted by atomic mass is 16.6. The molecule has 0 saturated heterocycles. The van der Waals surface area contributed by atoms with E-state index in [2.05, 4.69) is 4.98 Å². The number of benzene rings is 2. The molecule has 0 spiro atoms. The van der Waals surface area contributed by atoms with Crippen LogP contribution in [0.5, 0.6) is 11.5 Å². The van der Waals surface area contributed by atoms with E-state index < -0.39 is 16.5 Å². The predicted molar refractivity (Wildman–Crippen MR) is 170 cm³/mol. The number of nitro groups is 1. The Kier molecular flexibility index (Phi) is 9.21. The van der Waals surface area contributed by atoms with Gasteiger partial charge in [0, 0.05) is 30.7 Å². The summed E-state index contributed by atoms with van der Waals surface area (Å²) in [5, 5.41) is 12.3. The average Bonchev–Trinajstić information content (AvgIpc) is 3.58. The van der Waals surface area contributed by atoms with Crippen LogP contribution in [-0.4, -0.2) is 62.4 Å². The standard InChI is InChI=1S/C33H35N5O8/c1-33(2,3)46-28(39)13-16-37-29-23(18-22(32(40)44-5)20-27(29)43-4)35-31(37)25-19-21-10-8-14-34-30(21)36(25)15-9-17-45-26-12-7-6-11-24(26)38(41)42/h6-8,10-12,14,18-20H,9,13,15-17H2,1-5H3. The van der Waals surface area contributed by atoms with Crippen LogP contribution >= 0.6 is 0 Å². The lowest BCUT2D eigenvalue weighted by atomic mass is 10.2. The molecule has 0 bridgehead atoms. The number of methoxy groups -OCH3 is 2. The van der Waals surface area contributed by atoms with Crippen LogP contribution in [0.1, 0.15) is 44.0 Å². The summed E-state index contributed by atoms with van der Waals surface area (Å²) in [5.74, 6) is 0.193. The number of pyridine rings is 1. The number of ether oxygens (including phenoxy) is 4. The second-order valence-corrected chi connectivity index (χ2v) is 11.5. The molecule has 13 heteroatoms.